The van der Waals surface area contributed by atoms with Crippen LogP contribution in [0, 0.1) is 6.92 Å². The van der Waals surface area contributed by atoms with Crippen LogP contribution in [0.15, 0.2) is 12.1 Å². The number of aryl methyl sites for hydroxylation is 1. The number of aliphatic hydroxyl groups is 2. The second-order valence-electron chi connectivity index (χ2n) is 6.18. The van der Waals surface area contributed by atoms with Gasteiger partial charge in [0.15, 0.2) is 5.60 Å². The van der Waals surface area contributed by atoms with Crippen LogP contribution in [0.25, 0.3) is 0 Å². The molecule has 0 bridgehead atoms. The number of aliphatic hydroxyl groups excluding tert-OH is 1. The Hall–Kier alpha value is -1.59. The Balaban J connectivity index is 2.24. The summed E-state index contributed by atoms with van der Waals surface area (Å²) in [7, 11) is 1.47. The van der Waals surface area contributed by atoms with Crippen molar-refractivity contribution >= 4 is 5.78 Å². The molecule has 1 aliphatic heterocycles. The quantitative estimate of drug-likeness (QED) is 0.822. The molecule has 114 valence electrons. The van der Waals surface area contributed by atoms with E-state index in [1.165, 1.54) is 7.11 Å². The van der Waals surface area contributed by atoms with Crippen LogP contribution in [-0.2, 0) is 0 Å². The Kier molecular flexibility index (Phi) is 3.04. The second kappa shape index (κ2) is 4.45. The van der Waals surface area contributed by atoms with E-state index in [0.717, 1.165) is 5.56 Å². The number of hydrogen-bond acceptors (Lipinski definition) is 5. The van der Waals surface area contributed by atoms with E-state index < -0.39 is 23.1 Å². The van der Waals surface area contributed by atoms with Crippen LogP contribution in [0.2, 0.25) is 0 Å². The highest BCUT2D eigenvalue weighted by Crippen LogP contribution is 2.50. The maximum Gasteiger partial charge on any atom is 0.208 e. The van der Waals surface area contributed by atoms with Crippen molar-refractivity contribution in [2.45, 2.75) is 50.4 Å². The van der Waals surface area contributed by atoms with Crippen LogP contribution in [-0.4, -0.2) is 40.4 Å². The highest BCUT2D eigenvalue weighted by molar-refractivity contribution is 6.09. The molecular weight excluding hydrogens is 272 g/mol. The summed E-state index contributed by atoms with van der Waals surface area (Å²) in [6, 6.07) is 3.49. The molecule has 1 heterocycles. The molecule has 1 aromatic carbocycles. The topological polar surface area (TPSA) is 76.0 Å². The summed E-state index contributed by atoms with van der Waals surface area (Å²) >= 11 is 0. The van der Waals surface area contributed by atoms with E-state index in [4.69, 9.17) is 9.47 Å². The van der Waals surface area contributed by atoms with Gasteiger partial charge in [0.05, 0.1) is 13.2 Å². The third-order valence-corrected chi connectivity index (χ3v) is 4.76. The number of benzene rings is 1. The summed E-state index contributed by atoms with van der Waals surface area (Å²) in [5, 5.41) is 21.2. The minimum Gasteiger partial charge on any atom is -0.496 e. The third-order valence-electron chi connectivity index (χ3n) is 4.76. The first-order valence-corrected chi connectivity index (χ1v) is 7.16. The normalized spacial score (nSPS) is 34.7. The summed E-state index contributed by atoms with van der Waals surface area (Å²) in [6.07, 6.45) is 0.459. The molecule has 0 spiro atoms. The van der Waals surface area contributed by atoms with Gasteiger partial charge in [0, 0.05) is 0 Å². The number of ketones is 1. The van der Waals surface area contributed by atoms with Gasteiger partial charge in [-0.15, -0.1) is 0 Å². The molecule has 1 aromatic rings. The predicted molar refractivity (Wildman–Crippen MR) is 75.9 cm³/mol. The average Bonchev–Trinajstić information content (AvgIpc) is 2.42. The zero-order chi connectivity index (χ0) is 15.4. The van der Waals surface area contributed by atoms with E-state index >= 15 is 0 Å². The maximum atomic E-state index is 12.9. The van der Waals surface area contributed by atoms with Crippen LogP contribution < -0.4 is 9.47 Å². The largest absolute Gasteiger partial charge is 0.496 e. The highest BCUT2D eigenvalue weighted by atomic mass is 16.5. The molecule has 2 N–H and O–H groups in total. The predicted octanol–water partition coefficient (Wildman–Crippen LogP) is 1.61. The Morgan fingerprint density at radius 3 is 2.81 bits per heavy atom. The fourth-order valence-electron chi connectivity index (χ4n) is 3.52. The van der Waals surface area contributed by atoms with Gasteiger partial charge in [-0.05, 0) is 50.8 Å². The second-order valence-corrected chi connectivity index (χ2v) is 6.18. The van der Waals surface area contributed by atoms with Crippen LogP contribution >= 0.6 is 0 Å². The summed E-state index contributed by atoms with van der Waals surface area (Å²) in [6.45, 7) is 3.57. The molecule has 3 rings (SSSR count). The van der Waals surface area contributed by atoms with Gasteiger partial charge < -0.3 is 19.7 Å². The zero-order valence-corrected chi connectivity index (χ0v) is 12.5. The van der Waals surface area contributed by atoms with Crippen molar-refractivity contribution < 1.29 is 24.5 Å². The van der Waals surface area contributed by atoms with Gasteiger partial charge in [0.1, 0.15) is 22.7 Å². The van der Waals surface area contributed by atoms with Gasteiger partial charge in [-0.1, -0.05) is 0 Å². The first-order valence-electron chi connectivity index (χ1n) is 7.16. The summed E-state index contributed by atoms with van der Waals surface area (Å²) in [5.41, 5.74) is -1.93. The van der Waals surface area contributed by atoms with Gasteiger partial charge in [0.2, 0.25) is 5.78 Å². The molecule has 2 aliphatic rings. The number of hydrogen-bond donors (Lipinski definition) is 2. The van der Waals surface area contributed by atoms with Crippen molar-refractivity contribution in [3.63, 3.8) is 0 Å². The minimum atomic E-state index is -1.93. The van der Waals surface area contributed by atoms with Gasteiger partial charge in [-0.3, -0.25) is 4.79 Å². The van der Waals surface area contributed by atoms with Gasteiger partial charge >= 0.3 is 0 Å². The van der Waals surface area contributed by atoms with E-state index in [9.17, 15) is 15.0 Å². The number of Topliss-reactive ketones (excluding diaryl/α,β-unsaturated/α-hetero) is 1. The van der Waals surface area contributed by atoms with Crippen molar-refractivity contribution in [1.29, 1.82) is 0 Å². The number of rotatable bonds is 1. The molecule has 1 aliphatic carbocycles. The number of carbonyl (C=O) groups is 1. The molecule has 0 amide bonds. The van der Waals surface area contributed by atoms with Crippen molar-refractivity contribution in [2.75, 3.05) is 7.11 Å². The van der Waals surface area contributed by atoms with E-state index in [0.29, 0.717) is 30.8 Å². The zero-order valence-electron chi connectivity index (χ0n) is 12.5. The lowest BCUT2D eigenvalue weighted by molar-refractivity contribution is -0.181. The fraction of sp³-hybridized carbons (Fsp3) is 0.562. The Morgan fingerprint density at radius 2 is 2.14 bits per heavy atom. The molecule has 0 saturated heterocycles. The number of ether oxygens (including phenoxy) is 2. The standard InChI is InChI=1S/C16H20O5/c1-9-7-10(20-3)13-11(8-9)21-15(2)6-4-5-12(17)16(15,19)14(13)18/h7-8,12,17,19H,4-6H2,1-3H3/t12-,15-,16-/m1/s1. The minimum absolute atomic E-state index is 0.212. The van der Waals surface area contributed by atoms with Crippen LogP contribution in [0.4, 0.5) is 0 Å². The van der Waals surface area contributed by atoms with E-state index in [1.54, 1.807) is 19.1 Å². The van der Waals surface area contributed by atoms with Crippen molar-refractivity contribution in [3.05, 3.63) is 23.3 Å². The van der Waals surface area contributed by atoms with Crippen LogP contribution in [0.5, 0.6) is 11.5 Å². The van der Waals surface area contributed by atoms with E-state index in [1.807, 2.05) is 6.92 Å². The Morgan fingerprint density at radius 1 is 1.43 bits per heavy atom. The lowest BCUT2D eigenvalue weighted by Crippen LogP contribution is -2.70. The summed E-state index contributed by atoms with van der Waals surface area (Å²) in [5.74, 6) is 0.261. The SMILES string of the molecule is COc1cc(C)cc2c1C(=O)[C@]1(O)[C@H](O)CCC[C@@]1(C)O2. The molecule has 0 radical (unpaired) electrons. The molecule has 3 atom stereocenters. The molecule has 5 nitrogen and oxygen atoms in total. The average molecular weight is 292 g/mol. The smallest absolute Gasteiger partial charge is 0.208 e. The van der Waals surface area contributed by atoms with Gasteiger partial charge in [-0.25, -0.2) is 0 Å². The Labute approximate surface area is 123 Å². The summed E-state index contributed by atoms with van der Waals surface area (Å²) < 4.78 is 11.2. The third kappa shape index (κ3) is 1.74. The fourth-order valence-corrected chi connectivity index (χ4v) is 3.52. The molecule has 1 fully saturated rings. The monoisotopic (exact) mass is 292 g/mol. The van der Waals surface area contributed by atoms with Gasteiger partial charge in [-0.2, -0.15) is 0 Å². The number of methoxy groups -OCH3 is 1. The van der Waals surface area contributed by atoms with Crippen molar-refractivity contribution in [1.82, 2.24) is 0 Å². The van der Waals surface area contributed by atoms with Crippen LogP contribution in [0.1, 0.15) is 42.1 Å². The molecule has 0 aromatic heterocycles. The van der Waals surface area contributed by atoms with Crippen molar-refractivity contribution in [2.24, 2.45) is 0 Å². The first kappa shape index (κ1) is 14.4. The number of carbonyl (C=O) groups excluding carboxylic acids is 1. The molecular formula is C16H20O5. The lowest BCUT2D eigenvalue weighted by Gasteiger charge is -2.52. The Bertz CT molecular complexity index is 611. The molecule has 5 heteroatoms. The highest BCUT2D eigenvalue weighted by Gasteiger charge is 2.64. The lowest BCUT2D eigenvalue weighted by atomic mass is 9.65. The maximum absolute atomic E-state index is 12.9. The molecule has 0 unspecified atom stereocenters. The van der Waals surface area contributed by atoms with Gasteiger partial charge in [0.25, 0.3) is 0 Å². The summed E-state index contributed by atoms with van der Waals surface area (Å²) in [4.78, 5) is 12.9. The van der Waals surface area contributed by atoms with Crippen LogP contribution in [0.3, 0.4) is 0 Å². The molecule has 21 heavy (non-hydrogen) atoms. The number of fused-ring (bicyclic) bond motifs is 2. The van der Waals surface area contributed by atoms with E-state index in [-0.39, 0.29) is 5.56 Å². The molecule has 1 saturated carbocycles. The van der Waals surface area contributed by atoms with Crippen molar-refractivity contribution in [3.8, 4) is 11.5 Å². The van der Waals surface area contributed by atoms with E-state index in [2.05, 4.69) is 0 Å². The first-order chi connectivity index (χ1) is 9.83.